The fraction of sp³-hybridized carbons (Fsp3) is 0.111. The predicted octanol–water partition coefficient (Wildman–Crippen LogP) is 2.63. The first-order valence-electron chi connectivity index (χ1n) is 3.27. The largest absolute Gasteiger partial charge is 0.497 e. The molecule has 0 atom stereocenters. The Morgan fingerprint density at radius 3 is 2.73 bits per heavy atom. The number of thiol groups is 1. The van der Waals surface area contributed by atoms with E-state index in [9.17, 15) is 0 Å². The molecule has 0 aliphatic heterocycles. The van der Waals surface area contributed by atoms with Gasteiger partial charge in [-0.25, -0.2) is 0 Å². The summed E-state index contributed by atoms with van der Waals surface area (Å²) in [4.78, 5) is 0.888. The van der Waals surface area contributed by atoms with Crippen molar-refractivity contribution in [3.63, 3.8) is 0 Å². The van der Waals surface area contributed by atoms with Crippen LogP contribution in [0.25, 0.3) is 6.08 Å². The standard InChI is InChI=1S/C9H10OS/c1-3-7-4-5-8(10-2)6-9(7)11/h3-6,11H,1H2,2H3. The normalized spacial score (nSPS) is 9.27. The molecule has 0 amide bonds. The molecular weight excluding hydrogens is 156 g/mol. The molecule has 0 aliphatic rings. The summed E-state index contributed by atoms with van der Waals surface area (Å²) in [5.41, 5.74) is 1.02. The zero-order valence-electron chi connectivity index (χ0n) is 6.37. The lowest BCUT2D eigenvalue weighted by molar-refractivity contribution is 0.413. The molecule has 0 fully saturated rings. The average Bonchev–Trinajstić information content (AvgIpc) is 2.04. The molecule has 0 saturated heterocycles. The van der Waals surface area contributed by atoms with Crippen LogP contribution in [0.2, 0.25) is 0 Å². The highest BCUT2D eigenvalue weighted by molar-refractivity contribution is 7.80. The molecule has 1 nitrogen and oxygen atoms in total. The molecule has 0 N–H and O–H groups in total. The smallest absolute Gasteiger partial charge is 0.120 e. The fourth-order valence-corrected chi connectivity index (χ4v) is 1.12. The van der Waals surface area contributed by atoms with E-state index in [4.69, 9.17) is 4.74 Å². The van der Waals surface area contributed by atoms with Crippen molar-refractivity contribution in [2.75, 3.05) is 7.11 Å². The van der Waals surface area contributed by atoms with Gasteiger partial charge < -0.3 is 4.74 Å². The van der Waals surface area contributed by atoms with E-state index in [0.717, 1.165) is 16.2 Å². The third kappa shape index (κ3) is 1.77. The number of rotatable bonds is 2. The molecule has 0 spiro atoms. The predicted molar refractivity (Wildman–Crippen MR) is 50.3 cm³/mol. The summed E-state index contributed by atoms with van der Waals surface area (Å²) in [7, 11) is 1.64. The SMILES string of the molecule is C=Cc1ccc(OC)cc1S. The second kappa shape index (κ2) is 3.49. The highest BCUT2D eigenvalue weighted by atomic mass is 32.1. The van der Waals surface area contributed by atoms with Gasteiger partial charge in [0.15, 0.2) is 0 Å². The second-order valence-corrected chi connectivity index (χ2v) is 2.61. The maximum atomic E-state index is 5.01. The quantitative estimate of drug-likeness (QED) is 0.664. The van der Waals surface area contributed by atoms with Crippen molar-refractivity contribution in [1.29, 1.82) is 0 Å². The van der Waals surface area contributed by atoms with Crippen LogP contribution in [0.15, 0.2) is 29.7 Å². The summed E-state index contributed by atoms with van der Waals surface area (Å²) in [6, 6.07) is 5.67. The van der Waals surface area contributed by atoms with Gasteiger partial charge in [0.05, 0.1) is 7.11 Å². The lowest BCUT2D eigenvalue weighted by Crippen LogP contribution is -1.83. The summed E-state index contributed by atoms with van der Waals surface area (Å²) < 4.78 is 5.01. The molecule has 0 saturated carbocycles. The van der Waals surface area contributed by atoms with Gasteiger partial charge in [0.2, 0.25) is 0 Å². The molecule has 1 aromatic carbocycles. The molecular formula is C9H10OS. The summed E-state index contributed by atoms with van der Waals surface area (Å²) >= 11 is 4.25. The maximum Gasteiger partial charge on any atom is 0.120 e. The Kier molecular flexibility index (Phi) is 2.60. The van der Waals surface area contributed by atoms with Gasteiger partial charge in [0.25, 0.3) is 0 Å². The summed E-state index contributed by atoms with van der Waals surface area (Å²) in [6.07, 6.45) is 1.77. The van der Waals surface area contributed by atoms with Gasteiger partial charge >= 0.3 is 0 Å². The molecule has 0 heterocycles. The topological polar surface area (TPSA) is 9.23 Å². The monoisotopic (exact) mass is 166 g/mol. The average molecular weight is 166 g/mol. The van der Waals surface area contributed by atoms with Crippen LogP contribution in [0.3, 0.4) is 0 Å². The number of methoxy groups -OCH3 is 1. The van der Waals surface area contributed by atoms with Crippen molar-refractivity contribution in [3.8, 4) is 5.75 Å². The minimum Gasteiger partial charge on any atom is -0.497 e. The van der Waals surface area contributed by atoms with Crippen molar-refractivity contribution >= 4 is 18.7 Å². The third-order valence-electron chi connectivity index (χ3n) is 1.46. The second-order valence-electron chi connectivity index (χ2n) is 2.13. The molecule has 1 rings (SSSR count). The van der Waals surface area contributed by atoms with Crippen LogP contribution in [-0.4, -0.2) is 7.11 Å². The highest BCUT2D eigenvalue weighted by Crippen LogP contribution is 2.21. The van der Waals surface area contributed by atoms with Crippen LogP contribution in [0.1, 0.15) is 5.56 Å². The first-order valence-corrected chi connectivity index (χ1v) is 3.72. The number of hydrogen-bond donors (Lipinski definition) is 1. The Morgan fingerprint density at radius 1 is 1.55 bits per heavy atom. The first-order chi connectivity index (χ1) is 5.27. The van der Waals surface area contributed by atoms with Crippen LogP contribution in [0, 0.1) is 0 Å². The molecule has 0 unspecified atom stereocenters. The number of benzene rings is 1. The van der Waals surface area contributed by atoms with Crippen LogP contribution in [0.4, 0.5) is 0 Å². The Labute approximate surface area is 72.1 Å². The molecule has 1 aromatic rings. The van der Waals surface area contributed by atoms with Crippen LogP contribution < -0.4 is 4.74 Å². The number of hydrogen-bond acceptors (Lipinski definition) is 2. The van der Waals surface area contributed by atoms with Gasteiger partial charge in [-0.2, -0.15) is 0 Å². The molecule has 0 aromatic heterocycles. The van der Waals surface area contributed by atoms with Crippen molar-refractivity contribution in [1.82, 2.24) is 0 Å². The van der Waals surface area contributed by atoms with Crippen LogP contribution in [0.5, 0.6) is 5.75 Å². The van der Waals surface area contributed by atoms with Gasteiger partial charge in [-0.05, 0) is 17.7 Å². The summed E-state index contributed by atoms with van der Waals surface area (Å²) in [5, 5.41) is 0. The molecule has 2 heteroatoms. The minimum atomic E-state index is 0.820. The van der Waals surface area contributed by atoms with E-state index in [2.05, 4.69) is 19.2 Å². The molecule has 0 radical (unpaired) electrons. The number of ether oxygens (including phenoxy) is 1. The van der Waals surface area contributed by atoms with E-state index in [1.54, 1.807) is 13.2 Å². The Bertz CT molecular complexity index is 268. The van der Waals surface area contributed by atoms with Crippen LogP contribution in [-0.2, 0) is 0 Å². The minimum absolute atomic E-state index is 0.820. The van der Waals surface area contributed by atoms with E-state index in [0.29, 0.717) is 0 Å². The van der Waals surface area contributed by atoms with Gasteiger partial charge in [-0.15, -0.1) is 12.6 Å². The van der Waals surface area contributed by atoms with E-state index in [1.165, 1.54) is 0 Å². The zero-order valence-corrected chi connectivity index (χ0v) is 7.27. The molecule has 0 aliphatic carbocycles. The highest BCUT2D eigenvalue weighted by Gasteiger charge is 1.95. The van der Waals surface area contributed by atoms with Gasteiger partial charge in [0.1, 0.15) is 5.75 Å². The van der Waals surface area contributed by atoms with Crippen LogP contribution >= 0.6 is 12.6 Å². The zero-order chi connectivity index (χ0) is 8.27. The summed E-state index contributed by atoms with van der Waals surface area (Å²) in [5.74, 6) is 0.820. The Hall–Kier alpha value is -0.890. The van der Waals surface area contributed by atoms with E-state index >= 15 is 0 Å². The van der Waals surface area contributed by atoms with Gasteiger partial charge in [-0.3, -0.25) is 0 Å². The van der Waals surface area contributed by atoms with Crippen molar-refractivity contribution < 1.29 is 4.74 Å². The fourth-order valence-electron chi connectivity index (χ4n) is 0.823. The molecule has 11 heavy (non-hydrogen) atoms. The van der Waals surface area contributed by atoms with Crippen molar-refractivity contribution in [3.05, 3.63) is 30.3 Å². The third-order valence-corrected chi connectivity index (χ3v) is 1.84. The lowest BCUT2D eigenvalue weighted by atomic mass is 10.2. The Balaban J connectivity index is 3.09. The van der Waals surface area contributed by atoms with Crippen molar-refractivity contribution in [2.45, 2.75) is 4.90 Å². The van der Waals surface area contributed by atoms with Gasteiger partial charge in [0, 0.05) is 4.90 Å². The summed E-state index contributed by atoms with van der Waals surface area (Å²) in [6.45, 7) is 3.66. The van der Waals surface area contributed by atoms with Gasteiger partial charge in [-0.1, -0.05) is 18.7 Å². The molecule has 0 bridgehead atoms. The van der Waals surface area contributed by atoms with E-state index < -0.39 is 0 Å². The maximum absolute atomic E-state index is 5.01. The molecule has 58 valence electrons. The van der Waals surface area contributed by atoms with E-state index in [-0.39, 0.29) is 0 Å². The lowest BCUT2D eigenvalue weighted by Gasteiger charge is -2.02. The van der Waals surface area contributed by atoms with E-state index in [1.807, 2.05) is 18.2 Å². The van der Waals surface area contributed by atoms with Crippen molar-refractivity contribution in [2.24, 2.45) is 0 Å². The first kappa shape index (κ1) is 8.21. The Morgan fingerprint density at radius 2 is 2.27 bits per heavy atom.